The topological polar surface area (TPSA) is 66.8 Å². The highest BCUT2D eigenvalue weighted by atomic mass is 16.6. The number of ether oxygens (including phenoxy) is 1. The van der Waals surface area contributed by atoms with Gasteiger partial charge in [0.2, 0.25) is 0 Å². The highest BCUT2D eigenvalue weighted by molar-refractivity contribution is 5.89. The van der Waals surface area contributed by atoms with Crippen LogP contribution in [0.15, 0.2) is 36.4 Å². The zero-order valence-corrected chi connectivity index (χ0v) is 14.1. The number of carbonyl (C=O) groups is 2. The van der Waals surface area contributed by atoms with Gasteiger partial charge in [0.1, 0.15) is 11.6 Å². The molecule has 1 heterocycles. The largest absolute Gasteiger partial charge is 0.465 e. The first-order valence-electron chi connectivity index (χ1n) is 7.98. The molecule has 0 fully saturated rings. The lowest BCUT2D eigenvalue weighted by molar-refractivity contribution is -0.161. The van der Waals surface area contributed by atoms with Gasteiger partial charge < -0.3 is 9.84 Å². The van der Waals surface area contributed by atoms with Gasteiger partial charge in [-0.15, -0.1) is 0 Å². The number of hydrogen-bond donors (Lipinski definition) is 1. The van der Waals surface area contributed by atoms with Gasteiger partial charge in [-0.1, -0.05) is 36.4 Å². The van der Waals surface area contributed by atoms with Crippen molar-refractivity contribution in [1.29, 1.82) is 0 Å². The van der Waals surface area contributed by atoms with E-state index < -0.39 is 23.7 Å². The molecule has 0 radical (unpaired) electrons. The summed E-state index contributed by atoms with van der Waals surface area (Å²) in [5.74, 6) is -0.497. The molecule has 0 aromatic heterocycles. The normalized spacial score (nSPS) is 17.5. The Bertz CT molecular complexity index is 807. The third kappa shape index (κ3) is 3.07. The predicted molar refractivity (Wildman–Crippen MR) is 90.9 cm³/mol. The van der Waals surface area contributed by atoms with Gasteiger partial charge in [-0.25, -0.2) is 9.59 Å². The summed E-state index contributed by atoms with van der Waals surface area (Å²) in [6.45, 7) is 5.53. The fourth-order valence-corrected chi connectivity index (χ4v) is 3.15. The number of carbonyl (C=O) groups excluding carboxylic acids is 1. The molecule has 0 saturated carbocycles. The fraction of sp³-hybridized carbons (Fsp3) is 0.368. The van der Waals surface area contributed by atoms with Gasteiger partial charge in [-0.2, -0.15) is 0 Å². The Kier molecular flexibility index (Phi) is 3.95. The van der Waals surface area contributed by atoms with E-state index in [4.69, 9.17) is 4.74 Å². The molecule has 5 nitrogen and oxygen atoms in total. The number of fused-ring (bicyclic) bond motifs is 3. The van der Waals surface area contributed by atoms with Crippen LogP contribution in [0.5, 0.6) is 0 Å². The molecular formula is C19H21NO4. The van der Waals surface area contributed by atoms with E-state index in [0.717, 1.165) is 21.9 Å². The predicted octanol–water partition coefficient (Wildman–Crippen LogP) is 3.59. The van der Waals surface area contributed by atoms with Crippen LogP contribution in [-0.2, 0) is 22.5 Å². The zero-order valence-electron chi connectivity index (χ0n) is 14.1. The van der Waals surface area contributed by atoms with Crippen LogP contribution >= 0.6 is 0 Å². The van der Waals surface area contributed by atoms with Crippen LogP contribution in [0.3, 0.4) is 0 Å². The van der Waals surface area contributed by atoms with Crippen LogP contribution in [-0.4, -0.2) is 33.7 Å². The Morgan fingerprint density at radius 2 is 1.88 bits per heavy atom. The van der Waals surface area contributed by atoms with Crippen molar-refractivity contribution in [3.8, 4) is 0 Å². The Morgan fingerprint density at radius 1 is 1.17 bits per heavy atom. The van der Waals surface area contributed by atoms with E-state index in [2.05, 4.69) is 0 Å². The van der Waals surface area contributed by atoms with Crippen LogP contribution in [0.2, 0.25) is 0 Å². The fourth-order valence-electron chi connectivity index (χ4n) is 3.15. The highest BCUT2D eigenvalue weighted by Gasteiger charge is 2.37. The van der Waals surface area contributed by atoms with Gasteiger partial charge in [-0.05, 0) is 42.7 Å². The summed E-state index contributed by atoms with van der Waals surface area (Å²) >= 11 is 0. The number of nitrogens with zero attached hydrogens (tertiary/aromatic N) is 1. The molecule has 0 spiro atoms. The summed E-state index contributed by atoms with van der Waals surface area (Å²) in [4.78, 5) is 25.3. The summed E-state index contributed by atoms with van der Waals surface area (Å²) < 4.78 is 5.44. The van der Waals surface area contributed by atoms with Gasteiger partial charge in [0, 0.05) is 6.42 Å². The summed E-state index contributed by atoms with van der Waals surface area (Å²) in [5, 5.41) is 11.7. The second-order valence-electron chi connectivity index (χ2n) is 7.09. The van der Waals surface area contributed by atoms with E-state index in [-0.39, 0.29) is 6.54 Å². The van der Waals surface area contributed by atoms with Gasteiger partial charge in [0.15, 0.2) is 0 Å². The van der Waals surface area contributed by atoms with Gasteiger partial charge in [0.25, 0.3) is 0 Å². The van der Waals surface area contributed by atoms with Crippen molar-refractivity contribution in [3.05, 3.63) is 47.5 Å². The average Bonchev–Trinajstić information content (AvgIpc) is 2.51. The number of amides is 1. The SMILES string of the molecule is CC(C)(C)OC(=O)[C@H]1Cc2c(ccc3ccccc23)CN1C(=O)O. The van der Waals surface area contributed by atoms with Gasteiger partial charge >= 0.3 is 12.1 Å². The molecule has 5 heteroatoms. The molecule has 0 aliphatic carbocycles. The van der Waals surface area contributed by atoms with Crippen LogP contribution in [0, 0.1) is 0 Å². The van der Waals surface area contributed by atoms with Crippen LogP contribution in [0.4, 0.5) is 4.79 Å². The maximum absolute atomic E-state index is 12.5. The van der Waals surface area contributed by atoms with Crippen LogP contribution in [0.1, 0.15) is 31.9 Å². The lowest BCUT2D eigenvalue weighted by Gasteiger charge is -2.35. The summed E-state index contributed by atoms with van der Waals surface area (Å²) in [7, 11) is 0. The van der Waals surface area contributed by atoms with Crippen molar-refractivity contribution in [2.75, 3.05) is 0 Å². The van der Waals surface area contributed by atoms with Crippen LogP contribution < -0.4 is 0 Å². The minimum Gasteiger partial charge on any atom is -0.465 e. The molecule has 0 unspecified atom stereocenters. The summed E-state index contributed by atoms with van der Waals surface area (Å²) in [6.07, 6.45) is -0.776. The minimum atomic E-state index is -1.11. The maximum atomic E-state index is 12.5. The molecule has 1 amide bonds. The quantitative estimate of drug-likeness (QED) is 0.813. The Morgan fingerprint density at radius 3 is 2.54 bits per heavy atom. The van der Waals surface area contributed by atoms with Crippen LogP contribution in [0.25, 0.3) is 10.8 Å². The minimum absolute atomic E-state index is 0.194. The molecule has 1 N–H and O–H groups in total. The van der Waals surface area contributed by atoms with Gasteiger partial charge in [-0.3, -0.25) is 4.90 Å². The second kappa shape index (κ2) is 5.82. The summed E-state index contributed by atoms with van der Waals surface area (Å²) in [6, 6.07) is 11.1. The monoisotopic (exact) mass is 327 g/mol. The molecule has 1 aliphatic rings. The van der Waals surface area contributed by atoms with E-state index in [1.165, 1.54) is 4.90 Å². The first kappa shape index (κ1) is 16.3. The van der Waals surface area contributed by atoms with Crippen molar-refractivity contribution in [3.63, 3.8) is 0 Å². The van der Waals surface area contributed by atoms with E-state index in [1.54, 1.807) is 20.8 Å². The first-order chi connectivity index (χ1) is 11.3. The molecule has 2 aromatic carbocycles. The van der Waals surface area contributed by atoms with Crippen molar-refractivity contribution in [2.45, 2.75) is 45.4 Å². The molecule has 1 atom stereocenters. The molecule has 0 bridgehead atoms. The molecule has 24 heavy (non-hydrogen) atoms. The molecule has 3 rings (SSSR count). The number of hydrogen-bond acceptors (Lipinski definition) is 3. The molecule has 0 saturated heterocycles. The first-order valence-corrected chi connectivity index (χ1v) is 7.98. The number of benzene rings is 2. The molecule has 1 aliphatic heterocycles. The summed E-state index contributed by atoms with van der Waals surface area (Å²) in [5.41, 5.74) is 1.32. The maximum Gasteiger partial charge on any atom is 0.408 e. The van der Waals surface area contributed by atoms with E-state index in [9.17, 15) is 14.7 Å². The standard InChI is InChI=1S/C19H21NO4/c1-19(2,3)24-17(21)16-10-15-13(11-20(16)18(22)23)9-8-12-6-4-5-7-14(12)15/h4-9,16H,10-11H2,1-3H3,(H,22,23)/t16-/m1/s1. The highest BCUT2D eigenvalue weighted by Crippen LogP contribution is 2.31. The molecular weight excluding hydrogens is 306 g/mol. The van der Waals surface area contributed by atoms with Gasteiger partial charge in [0.05, 0.1) is 6.54 Å². The third-order valence-corrected chi connectivity index (χ3v) is 4.18. The van der Waals surface area contributed by atoms with E-state index in [0.29, 0.717) is 6.42 Å². The molecule has 2 aromatic rings. The van der Waals surface area contributed by atoms with Crippen molar-refractivity contribution < 1.29 is 19.4 Å². The van der Waals surface area contributed by atoms with E-state index >= 15 is 0 Å². The number of esters is 1. The lowest BCUT2D eigenvalue weighted by Crippen LogP contribution is -2.50. The average molecular weight is 327 g/mol. The zero-order chi connectivity index (χ0) is 17.5. The smallest absolute Gasteiger partial charge is 0.408 e. The number of carboxylic acid groups (broad SMARTS) is 1. The van der Waals surface area contributed by atoms with Crippen molar-refractivity contribution in [2.24, 2.45) is 0 Å². The lowest BCUT2D eigenvalue weighted by atomic mass is 9.89. The van der Waals surface area contributed by atoms with Crippen molar-refractivity contribution >= 4 is 22.8 Å². The van der Waals surface area contributed by atoms with E-state index in [1.807, 2.05) is 36.4 Å². The molecule has 126 valence electrons. The van der Waals surface area contributed by atoms with Crippen molar-refractivity contribution in [1.82, 2.24) is 4.90 Å². The second-order valence-corrected chi connectivity index (χ2v) is 7.09. The third-order valence-electron chi connectivity index (χ3n) is 4.18. The Labute approximate surface area is 140 Å². The number of rotatable bonds is 1. The Hall–Kier alpha value is -2.56. The Balaban J connectivity index is 2.03.